The molecule has 0 spiro atoms. The number of aliphatic hydroxyl groups excluding tert-OH is 1. The van der Waals surface area contributed by atoms with Crippen molar-refractivity contribution in [1.82, 2.24) is 5.32 Å². The number of rotatable bonds is 6. The lowest BCUT2D eigenvalue weighted by Crippen LogP contribution is -2.31. The fourth-order valence-corrected chi connectivity index (χ4v) is 2.33. The molecular weight excluding hydrogens is 337 g/mol. The number of carbonyl (C=O) groups excluding carboxylic acids is 1. The first-order valence-electron chi connectivity index (χ1n) is 7.19. The normalized spacial score (nSPS) is 11.8. The Balaban J connectivity index is 1.91. The van der Waals surface area contributed by atoms with Gasteiger partial charge in [0.25, 0.3) is 5.91 Å². The third-order valence-corrected chi connectivity index (χ3v) is 3.75. The summed E-state index contributed by atoms with van der Waals surface area (Å²) in [6.07, 6.45) is -0.948. The first-order valence-corrected chi connectivity index (χ1v) is 7.56. The Morgan fingerprint density at radius 2 is 2.08 bits per heavy atom. The van der Waals surface area contributed by atoms with Crippen LogP contribution in [-0.4, -0.2) is 29.8 Å². The summed E-state index contributed by atoms with van der Waals surface area (Å²) in [6.45, 7) is 0.277. The van der Waals surface area contributed by atoms with E-state index in [4.69, 9.17) is 16.3 Å². The summed E-state index contributed by atoms with van der Waals surface area (Å²) in [5.41, 5.74) is 1.06. The van der Waals surface area contributed by atoms with Crippen LogP contribution in [0.2, 0.25) is 5.02 Å². The molecule has 0 bridgehead atoms. The molecule has 2 aromatic carbocycles. The standard InChI is InChI=1S/C17H17ClFNO4/c1-24-15-8-10(2-5-14(15)21)6-7-20-17(23)16(22)11-3-4-13(19)12(18)9-11/h2-5,8-9,16,21-22H,6-7H2,1H3,(H,20,23)/t16-/m1/s1. The molecule has 0 fully saturated rings. The SMILES string of the molecule is COc1cc(CCNC(=O)[C@H](O)c2ccc(F)c(Cl)c2)ccc1O. The zero-order chi connectivity index (χ0) is 17.7. The molecule has 7 heteroatoms. The van der Waals surface area contributed by atoms with Crippen LogP contribution >= 0.6 is 11.6 Å². The van der Waals surface area contributed by atoms with Gasteiger partial charge in [-0.1, -0.05) is 23.7 Å². The topological polar surface area (TPSA) is 78.8 Å². The minimum absolute atomic E-state index is 0.0360. The average Bonchev–Trinajstić information content (AvgIpc) is 2.58. The molecule has 5 nitrogen and oxygen atoms in total. The van der Waals surface area contributed by atoms with Crippen LogP contribution in [-0.2, 0) is 11.2 Å². The van der Waals surface area contributed by atoms with Crippen LogP contribution in [0.4, 0.5) is 4.39 Å². The van der Waals surface area contributed by atoms with Crippen molar-refractivity contribution in [2.24, 2.45) is 0 Å². The van der Waals surface area contributed by atoms with E-state index < -0.39 is 17.8 Å². The van der Waals surface area contributed by atoms with Crippen LogP contribution < -0.4 is 10.1 Å². The van der Waals surface area contributed by atoms with Crippen molar-refractivity contribution in [2.75, 3.05) is 13.7 Å². The van der Waals surface area contributed by atoms with Crippen LogP contribution in [0.25, 0.3) is 0 Å². The monoisotopic (exact) mass is 353 g/mol. The van der Waals surface area contributed by atoms with Crippen LogP contribution in [0.5, 0.6) is 11.5 Å². The molecule has 1 amide bonds. The Morgan fingerprint density at radius 1 is 1.33 bits per heavy atom. The van der Waals surface area contributed by atoms with Gasteiger partial charge in [0, 0.05) is 6.54 Å². The van der Waals surface area contributed by atoms with E-state index in [0.717, 1.165) is 11.6 Å². The third-order valence-electron chi connectivity index (χ3n) is 3.46. The second-order valence-corrected chi connectivity index (χ2v) is 5.53. The maximum absolute atomic E-state index is 13.1. The second-order valence-electron chi connectivity index (χ2n) is 5.12. The number of aliphatic hydroxyl groups is 1. The van der Waals surface area contributed by atoms with Crippen LogP contribution in [0.15, 0.2) is 36.4 Å². The number of hydrogen-bond donors (Lipinski definition) is 3. The van der Waals surface area contributed by atoms with Gasteiger partial charge in [0.2, 0.25) is 0 Å². The van der Waals surface area contributed by atoms with Gasteiger partial charge in [-0.3, -0.25) is 4.79 Å². The highest BCUT2D eigenvalue weighted by molar-refractivity contribution is 6.30. The molecule has 0 unspecified atom stereocenters. The highest BCUT2D eigenvalue weighted by Crippen LogP contribution is 2.26. The summed E-state index contributed by atoms with van der Waals surface area (Å²) in [5, 5.41) is 21.9. The van der Waals surface area contributed by atoms with E-state index in [9.17, 15) is 19.4 Å². The minimum Gasteiger partial charge on any atom is -0.504 e. The van der Waals surface area contributed by atoms with E-state index in [1.165, 1.54) is 25.3 Å². The van der Waals surface area contributed by atoms with Gasteiger partial charge in [-0.05, 0) is 41.8 Å². The smallest absolute Gasteiger partial charge is 0.253 e. The van der Waals surface area contributed by atoms with Crippen molar-refractivity contribution >= 4 is 17.5 Å². The molecule has 0 heterocycles. The van der Waals surface area contributed by atoms with Crippen molar-refractivity contribution in [2.45, 2.75) is 12.5 Å². The molecule has 24 heavy (non-hydrogen) atoms. The molecule has 0 aliphatic heterocycles. The minimum atomic E-state index is -1.43. The lowest BCUT2D eigenvalue weighted by Gasteiger charge is -2.12. The average molecular weight is 354 g/mol. The summed E-state index contributed by atoms with van der Waals surface area (Å²) in [6, 6.07) is 8.49. The quantitative estimate of drug-likeness (QED) is 0.746. The van der Waals surface area contributed by atoms with Crippen LogP contribution in [0, 0.1) is 5.82 Å². The van der Waals surface area contributed by atoms with Gasteiger partial charge < -0.3 is 20.3 Å². The number of halogens is 2. The van der Waals surface area contributed by atoms with E-state index in [-0.39, 0.29) is 22.9 Å². The van der Waals surface area contributed by atoms with Crippen molar-refractivity contribution in [3.05, 3.63) is 58.4 Å². The lowest BCUT2D eigenvalue weighted by atomic mass is 10.1. The lowest BCUT2D eigenvalue weighted by molar-refractivity contribution is -0.129. The molecule has 0 saturated heterocycles. The number of amides is 1. The first-order chi connectivity index (χ1) is 11.4. The number of ether oxygens (including phenoxy) is 1. The zero-order valence-electron chi connectivity index (χ0n) is 12.9. The molecular formula is C17H17ClFNO4. The van der Waals surface area contributed by atoms with Crippen molar-refractivity contribution in [3.8, 4) is 11.5 Å². The molecule has 0 radical (unpaired) electrons. The Kier molecular flexibility index (Phi) is 6.00. The molecule has 128 valence electrons. The number of nitrogens with one attached hydrogen (secondary N) is 1. The zero-order valence-corrected chi connectivity index (χ0v) is 13.7. The molecule has 1 atom stereocenters. The van der Waals surface area contributed by atoms with Crippen molar-refractivity contribution in [3.63, 3.8) is 0 Å². The van der Waals surface area contributed by atoms with E-state index in [1.807, 2.05) is 0 Å². The number of aromatic hydroxyl groups is 1. The van der Waals surface area contributed by atoms with Gasteiger partial charge in [0.15, 0.2) is 17.6 Å². The number of carbonyl (C=O) groups is 1. The van der Waals surface area contributed by atoms with Crippen LogP contribution in [0.3, 0.4) is 0 Å². The van der Waals surface area contributed by atoms with Gasteiger partial charge >= 0.3 is 0 Å². The summed E-state index contributed by atoms with van der Waals surface area (Å²) in [7, 11) is 1.45. The predicted octanol–water partition coefficient (Wildman–Crippen LogP) is 2.59. The number of methoxy groups -OCH3 is 1. The Hall–Kier alpha value is -2.31. The van der Waals surface area contributed by atoms with Gasteiger partial charge in [0.1, 0.15) is 5.82 Å². The Morgan fingerprint density at radius 3 is 2.75 bits per heavy atom. The Labute approximate surface area is 143 Å². The van der Waals surface area contributed by atoms with E-state index >= 15 is 0 Å². The molecule has 0 aromatic heterocycles. The molecule has 3 N–H and O–H groups in total. The molecule has 0 saturated carbocycles. The molecule has 2 rings (SSSR count). The molecule has 0 aliphatic rings. The Bertz CT molecular complexity index is 739. The van der Waals surface area contributed by atoms with Crippen LogP contribution in [0.1, 0.15) is 17.2 Å². The van der Waals surface area contributed by atoms with E-state index in [1.54, 1.807) is 12.1 Å². The van der Waals surface area contributed by atoms with Crippen molar-refractivity contribution < 1.29 is 24.1 Å². The van der Waals surface area contributed by atoms with Gasteiger partial charge in [-0.15, -0.1) is 0 Å². The van der Waals surface area contributed by atoms with Gasteiger partial charge in [-0.2, -0.15) is 0 Å². The highest BCUT2D eigenvalue weighted by atomic mass is 35.5. The summed E-state index contributed by atoms with van der Waals surface area (Å²) >= 11 is 5.64. The fraction of sp³-hybridized carbons (Fsp3) is 0.235. The number of benzene rings is 2. The maximum Gasteiger partial charge on any atom is 0.253 e. The number of phenolic OH excluding ortho intramolecular Hbond substituents is 1. The third kappa shape index (κ3) is 4.37. The highest BCUT2D eigenvalue weighted by Gasteiger charge is 2.18. The second kappa shape index (κ2) is 7.99. The largest absolute Gasteiger partial charge is 0.504 e. The van der Waals surface area contributed by atoms with Gasteiger partial charge in [-0.25, -0.2) is 4.39 Å². The molecule has 0 aliphatic carbocycles. The van der Waals surface area contributed by atoms with Crippen molar-refractivity contribution in [1.29, 1.82) is 0 Å². The summed E-state index contributed by atoms with van der Waals surface area (Å²) < 4.78 is 18.1. The summed E-state index contributed by atoms with van der Waals surface area (Å²) in [5.74, 6) is -0.841. The first kappa shape index (κ1) is 18.0. The maximum atomic E-state index is 13.1. The van der Waals surface area contributed by atoms with Gasteiger partial charge in [0.05, 0.1) is 12.1 Å². The van der Waals surface area contributed by atoms with E-state index in [2.05, 4.69) is 5.32 Å². The van der Waals surface area contributed by atoms with E-state index in [0.29, 0.717) is 12.2 Å². The number of phenols is 1. The summed E-state index contributed by atoms with van der Waals surface area (Å²) in [4.78, 5) is 11.9. The fourth-order valence-electron chi connectivity index (χ4n) is 2.14. The predicted molar refractivity (Wildman–Crippen MR) is 87.7 cm³/mol. The number of hydrogen-bond acceptors (Lipinski definition) is 4. The molecule has 2 aromatic rings.